The SMILES string of the molecule is CC1CCN(c2ccc(N3C(=S)N[C@@H](c4ccccn4)[C@@H]3c3ccc(-c4ccc(F)cc4)o3)cc2Cl)CC1. The van der Waals surface area contributed by atoms with Gasteiger partial charge in [-0.05, 0) is 97.7 Å². The highest BCUT2D eigenvalue weighted by Crippen LogP contribution is 2.44. The van der Waals surface area contributed by atoms with Crippen LogP contribution >= 0.6 is 23.8 Å². The molecule has 0 spiro atoms. The second kappa shape index (κ2) is 10.4. The number of piperidine rings is 1. The van der Waals surface area contributed by atoms with Crippen molar-refractivity contribution in [1.29, 1.82) is 0 Å². The van der Waals surface area contributed by atoms with Crippen LogP contribution in [0.25, 0.3) is 11.3 Å². The van der Waals surface area contributed by atoms with Gasteiger partial charge in [-0.1, -0.05) is 24.6 Å². The van der Waals surface area contributed by atoms with E-state index in [0.717, 1.165) is 47.4 Å². The molecule has 2 fully saturated rings. The lowest BCUT2D eigenvalue weighted by molar-refractivity contribution is 0.438. The second-order valence-electron chi connectivity index (χ2n) is 10.0. The fourth-order valence-electron chi connectivity index (χ4n) is 5.35. The Bertz CT molecular complexity index is 1440. The molecule has 8 heteroatoms. The summed E-state index contributed by atoms with van der Waals surface area (Å²) in [6, 6.07) is 21.6. The third kappa shape index (κ3) is 4.76. The Kier molecular flexibility index (Phi) is 6.80. The second-order valence-corrected chi connectivity index (χ2v) is 10.8. The van der Waals surface area contributed by atoms with Crippen molar-refractivity contribution in [3.05, 3.63) is 101 Å². The Morgan fingerprint density at radius 2 is 1.82 bits per heavy atom. The van der Waals surface area contributed by atoms with E-state index in [2.05, 4.69) is 39.2 Å². The molecular formula is C30H28ClFN4OS. The van der Waals surface area contributed by atoms with Crippen LogP contribution < -0.4 is 15.1 Å². The highest BCUT2D eigenvalue weighted by molar-refractivity contribution is 7.80. The number of hydrogen-bond acceptors (Lipinski definition) is 4. The lowest BCUT2D eigenvalue weighted by atomic mass is 9.98. The number of benzene rings is 2. The van der Waals surface area contributed by atoms with Gasteiger partial charge >= 0.3 is 0 Å². The fraction of sp³-hybridized carbons (Fsp3) is 0.267. The quantitative estimate of drug-likeness (QED) is 0.261. The van der Waals surface area contributed by atoms with Crippen LogP contribution in [0.4, 0.5) is 15.8 Å². The van der Waals surface area contributed by atoms with Gasteiger partial charge in [-0.25, -0.2) is 4.39 Å². The highest BCUT2D eigenvalue weighted by atomic mass is 35.5. The van der Waals surface area contributed by atoms with E-state index < -0.39 is 0 Å². The molecule has 0 amide bonds. The van der Waals surface area contributed by atoms with Crippen LogP contribution in [0.3, 0.4) is 0 Å². The first-order valence-corrected chi connectivity index (χ1v) is 13.7. The smallest absolute Gasteiger partial charge is 0.174 e. The van der Waals surface area contributed by atoms with E-state index >= 15 is 0 Å². The van der Waals surface area contributed by atoms with Crippen molar-refractivity contribution in [2.24, 2.45) is 5.92 Å². The van der Waals surface area contributed by atoms with Gasteiger partial charge in [0, 0.05) is 30.5 Å². The molecule has 4 heterocycles. The van der Waals surface area contributed by atoms with E-state index in [1.807, 2.05) is 36.4 Å². The van der Waals surface area contributed by atoms with E-state index in [-0.39, 0.29) is 17.9 Å². The van der Waals surface area contributed by atoms with Crippen LogP contribution in [0.15, 0.2) is 83.4 Å². The number of pyridine rings is 1. The maximum Gasteiger partial charge on any atom is 0.174 e. The van der Waals surface area contributed by atoms with E-state index in [4.69, 9.17) is 28.2 Å². The van der Waals surface area contributed by atoms with Gasteiger partial charge in [-0.3, -0.25) is 4.98 Å². The van der Waals surface area contributed by atoms with E-state index in [0.29, 0.717) is 15.9 Å². The van der Waals surface area contributed by atoms with Gasteiger partial charge < -0.3 is 19.5 Å². The molecule has 2 saturated heterocycles. The predicted octanol–water partition coefficient (Wildman–Crippen LogP) is 7.55. The van der Waals surface area contributed by atoms with Crippen molar-refractivity contribution in [3.63, 3.8) is 0 Å². The molecule has 2 aliphatic heterocycles. The summed E-state index contributed by atoms with van der Waals surface area (Å²) in [6.07, 6.45) is 4.11. The molecule has 5 nitrogen and oxygen atoms in total. The van der Waals surface area contributed by atoms with Gasteiger partial charge in [0.1, 0.15) is 23.4 Å². The molecular weight excluding hydrogens is 519 g/mol. The topological polar surface area (TPSA) is 44.5 Å². The van der Waals surface area contributed by atoms with Gasteiger partial charge in [-0.15, -0.1) is 0 Å². The van der Waals surface area contributed by atoms with Gasteiger partial charge in [-0.2, -0.15) is 0 Å². The van der Waals surface area contributed by atoms with Crippen molar-refractivity contribution in [3.8, 4) is 11.3 Å². The molecule has 0 saturated carbocycles. The molecule has 6 rings (SSSR count). The number of nitrogens with one attached hydrogen (secondary N) is 1. The molecule has 38 heavy (non-hydrogen) atoms. The van der Waals surface area contributed by atoms with Crippen LogP contribution in [0, 0.1) is 11.7 Å². The number of rotatable bonds is 5. The molecule has 2 aromatic heterocycles. The standard InChI is InChI=1S/C30H28ClFN4OS/c1-19-13-16-35(17-14-19)25-10-9-22(18-23(25)31)36-29(28(34-30(36)38)24-4-2-3-15-33-24)27-12-11-26(37-27)20-5-7-21(32)8-6-20/h2-12,15,18-19,28-29H,13-14,16-17H2,1H3,(H,34,38)/t28-,29-/m0/s1. The Labute approximate surface area is 232 Å². The molecule has 0 radical (unpaired) electrons. The number of halogens is 2. The van der Waals surface area contributed by atoms with Crippen molar-refractivity contribution < 1.29 is 8.81 Å². The first-order valence-electron chi connectivity index (χ1n) is 12.9. The third-order valence-electron chi connectivity index (χ3n) is 7.48. The van der Waals surface area contributed by atoms with Crippen molar-refractivity contribution in [2.45, 2.75) is 31.8 Å². The van der Waals surface area contributed by atoms with Gasteiger partial charge in [0.15, 0.2) is 5.11 Å². The van der Waals surface area contributed by atoms with Crippen molar-refractivity contribution in [2.75, 3.05) is 22.9 Å². The van der Waals surface area contributed by atoms with Crippen LogP contribution in [-0.4, -0.2) is 23.2 Å². The number of thiocarbonyl (C=S) groups is 1. The number of anilines is 2. The van der Waals surface area contributed by atoms with E-state index in [1.54, 1.807) is 18.3 Å². The zero-order valence-corrected chi connectivity index (χ0v) is 22.6. The summed E-state index contributed by atoms with van der Waals surface area (Å²) in [6.45, 7) is 4.32. The summed E-state index contributed by atoms with van der Waals surface area (Å²) < 4.78 is 19.9. The summed E-state index contributed by atoms with van der Waals surface area (Å²) in [4.78, 5) is 9.02. The normalized spacial score (nSPS) is 20.1. The van der Waals surface area contributed by atoms with Gasteiger partial charge in [0.25, 0.3) is 0 Å². The Balaban J connectivity index is 1.37. The maximum absolute atomic E-state index is 13.5. The largest absolute Gasteiger partial charge is 0.459 e. The van der Waals surface area contributed by atoms with Crippen LogP contribution in [0.1, 0.15) is 43.3 Å². The van der Waals surface area contributed by atoms with Crippen LogP contribution in [0.5, 0.6) is 0 Å². The summed E-state index contributed by atoms with van der Waals surface area (Å²) in [5.74, 6) is 1.84. The first kappa shape index (κ1) is 24.9. The minimum Gasteiger partial charge on any atom is -0.459 e. The monoisotopic (exact) mass is 546 g/mol. The molecule has 194 valence electrons. The summed E-state index contributed by atoms with van der Waals surface area (Å²) in [5, 5.41) is 4.73. The van der Waals surface area contributed by atoms with Crippen LogP contribution in [-0.2, 0) is 0 Å². The average Bonchev–Trinajstić information content (AvgIpc) is 3.55. The van der Waals surface area contributed by atoms with E-state index in [1.165, 1.54) is 25.0 Å². The van der Waals surface area contributed by atoms with Gasteiger partial charge in [0.05, 0.1) is 22.4 Å². The van der Waals surface area contributed by atoms with Gasteiger partial charge in [0.2, 0.25) is 0 Å². The average molecular weight is 547 g/mol. The minimum atomic E-state index is -0.302. The molecule has 2 atom stereocenters. The molecule has 4 aromatic rings. The molecule has 2 aliphatic rings. The number of nitrogens with zero attached hydrogens (tertiary/aromatic N) is 3. The molecule has 2 aromatic carbocycles. The molecule has 0 aliphatic carbocycles. The Hall–Kier alpha value is -3.42. The summed E-state index contributed by atoms with van der Waals surface area (Å²) in [5.41, 5.74) is 3.59. The summed E-state index contributed by atoms with van der Waals surface area (Å²) >= 11 is 12.7. The first-order chi connectivity index (χ1) is 18.5. The minimum absolute atomic E-state index is 0.238. The Morgan fingerprint density at radius 1 is 1.03 bits per heavy atom. The van der Waals surface area contributed by atoms with Crippen molar-refractivity contribution in [1.82, 2.24) is 10.3 Å². The fourth-order valence-corrected chi connectivity index (χ4v) is 5.99. The van der Waals surface area contributed by atoms with Crippen LogP contribution in [0.2, 0.25) is 5.02 Å². The number of furan rings is 1. The predicted molar refractivity (Wildman–Crippen MR) is 154 cm³/mol. The lowest BCUT2D eigenvalue weighted by Crippen LogP contribution is -2.33. The lowest BCUT2D eigenvalue weighted by Gasteiger charge is -2.33. The highest BCUT2D eigenvalue weighted by Gasteiger charge is 2.42. The molecule has 0 bridgehead atoms. The molecule has 1 N–H and O–H groups in total. The number of aromatic nitrogens is 1. The van der Waals surface area contributed by atoms with Crippen molar-refractivity contribution >= 4 is 40.3 Å². The zero-order chi connectivity index (χ0) is 26.2. The zero-order valence-electron chi connectivity index (χ0n) is 21.0. The third-order valence-corrected chi connectivity index (χ3v) is 8.10. The number of hydrogen-bond donors (Lipinski definition) is 1. The van der Waals surface area contributed by atoms with E-state index in [9.17, 15) is 4.39 Å². The summed E-state index contributed by atoms with van der Waals surface area (Å²) in [7, 11) is 0. The Morgan fingerprint density at radius 3 is 2.53 bits per heavy atom. The maximum atomic E-state index is 13.5. The molecule has 0 unspecified atom stereocenters.